The van der Waals surface area contributed by atoms with Crippen LogP contribution in [0, 0.1) is 11.8 Å². The molecule has 116 valence electrons. The number of hydrogen-bond acceptors (Lipinski definition) is 2. The fraction of sp³-hybridized carbons (Fsp3) is 0.667. The minimum Gasteiger partial charge on any atom is -0.490 e. The standard InChI is InChI=1S/C18H26BrNO/c1-3-20-16-11-17(13-6-4-5-12(2)9-13)21-18-10-14(19)7-8-15(16)18/h7-8,10,12-13,16-17,20H,3-6,9,11H2,1-2H3. The average Bonchev–Trinajstić information content (AvgIpc) is 2.47. The summed E-state index contributed by atoms with van der Waals surface area (Å²) in [4.78, 5) is 0. The minimum atomic E-state index is 0.374. The lowest BCUT2D eigenvalue weighted by molar-refractivity contribution is 0.0618. The van der Waals surface area contributed by atoms with Crippen molar-refractivity contribution >= 4 is 15.9 Å². The molecule has 0 aromatic heterocycles. The van der Waals surface area contributed by atoms with E-state index in [1.54, 1.807) is 0 Å². The van der Waals surface area contributed by atoms with Crippen LogP contribution in [0.2, 0.25) is 0 Å². The zero-order chi connectivity index (χ0) is 14.8. The van der Waals surface area contributed by atoms with E-state index in [0.29, 0.717) is 12.1 Å². The smallest absolute Gasteiger partial charge is 0.125 e. The SMILES string of the molecule is CCNC1CC(C2CCCC(C)C2)Oc2cc(Br)ccc21. The van der Waals surface area contributed by atoms with Gasteiger partial charge >= 0.3 is 0 Å². The second kappa shape index (κ2) is 6.70. The third kappa shape index (κ3) is 3.45. The molecular formula is C18H26BrNO. The monoisotopic (exact) mass is 351 g/mol. The molecule has 1 aromatic carbocycles. The molecule has 4 unspecified atom stereocenters. The van der Waals surface area contributed by atoms with Gasteiger partial charge in [0.15, 0.2) is 0 Å². The predicted molar refractivity (Wildman–Crippen MR) is 90.7 cm³/mol. The van der Waals surface area contributed by atoms with Crippen molar-refractivity contribution in [1.29, 1.82) is 0 Å². The second-order valence-electron chi connectivity index (χ2n) is 6.72. The van der Waals surface area contributed by atoms with Gasteiger partial charge in [-0.3, -0.25) is 0 Å². The van der Waals surface area contributed by atoms with Gasteiger partial charge in [-0.25, -0.2) is 0 Å². The normalized spacial score (nSPS) is 32.3. The van der Waals surface area contributed by atoms with E-state index in [1.165, 1.54) is 31.2 Å². The Hall–Kier alpha value is -0.540. The maximum absolute atomic E-state index is 6.41. The van der Waals surface area contributed by atoms with Crippen LogP contribution in [0.15, 0.2) is 22.7 Å². The van der Waals surface area contributed by atoms with Gasteiger partial charge in [0.2, 0.25) is 0 Å². The number of rotatable bonds is 3. The van der Waals surface area contributed by atoms with E-state index in [0.717, 1.165) is 35.0 Å². The summed E-state index contributed by atoms with van der Waals surface area (Å²) in [6, 6.07) is 6.90. The molecule has 1 saturated carbocycles. The molecule has 2 aliphatic rings. The quantitative estimate of drug-likeness (QED) is 0.819. The molecule has 1 aliphatic carbocycles. The van der Waals surface area contributed by atoms with Crippen LogP contribution in [0.3, 0.4) is 0 Å². The molecule has 1 aliphatic heterocycles. The van der Waals surface area contributed by atoms with Crippen molar-refractivity contribution in [1.82, 2.24) is 5.32 Å². The number of benzene rings is 1. The Bertz CT molecular complexity index is 490. The zero-order valence-corrected chi connectivity index (χ0v) is 14.7. The molecule has 0 amide bonds. The van der Waals surface area contributed by atoms with E-state index in [4.69, 9.17) is 4.74 Å². The third-order valence-electron chi connectivity index (χ3n) is 5.05. The first-order chi connectivity index (χ1) is 10.2. The van der Waals surface area contributed by atoms with Crippen molar-refractivity contribution in [2.24, 2.45) is 11.8 Å². The zero-order valence-electron chi connectivity index (χ0n) is 13.1. The number of fused-ring (bicyclic) bond motifs is 1. The summed E-state index contributed by atoms with van der Waals surface area (Å²) in [5, 5.41) is 3.65. The summed E-state index contributed by atoms with van der Waals surface area (Å²) in [6.45, 7) is 5.58. The van der Waals surface area contributed by atoms with Crippen molar-refractivity contribution in [3.8, 4) is 5.75 Å². The Morgan fingerprint density at radius 1 is 1.29 bits per heavy atom. The highest BCUT2D eigenvalue weighted by Gasteiger charge is 2.34. The van der Waals surface area contributed by atoms with Gasteiger partial charge in [-0.1, -0.05) is 48.7 Å². The van der Waals surface area contributed by atoms with Crippen LogP contribution in [0.5, 0.6) is 5.75 Å². The predicted octanol–water partition coefficient (Wildman–Crippen LogP) is 5.08. The summed E-state index contributed by atoms with van der Waals surface area (Å²) in [6.07, 6.45) is 6.90. The van der Waals surface area contributed by atoms with E-state index < -0.39 is 0 Å². The van der Waals surface area contributed by atoms with Crippen molar-refractivity contribution in [3.05, 3.63) is 28.2 Å². The molecule has 0 radical (unpaired) electrons. The molecule has 21 heavy (non-hydrogen) atoms. The summed E-state index contributed by atoms with van der Waals surface area (Å²) >= 11 is 3.57. The van der Waals surface area contributed by atoms with Gasteiger partial charge in [0.1, 0.15) is 11.9 Å². The molecule has 2 nitrogen and oxygen atoms in total. The fourth-order valence-corrected chi connectivity index (χ4v) is 4.36. The largest absolute Gasteiger partial charge is 0.490 e. The highest BCUT2D eigenvalue weighted by Crippen LogP contribution is 2.42. The minimum absolute atomic E-state index is 0.374. The Morgan fingerprint density at radius 3 is 2.90 bits per heavy atom. The summed E-state index contributed by atoms with van der Waals surface area (Å²) < 4.78 is 7.51. The van der Waals surface area contributed by atoms with Crippen LogP contribution < -0.4 is 10.1 Å². The molecule has 1 fully saturated rings. The van der Waals surface area contributed by atoms with Gasteiger partial charge in [-0.15, -0.1) is 0 Å². The lowest BCUT2D eigenvalue weighted by Gasteiger charge is -2.39. The lowest BCUT2D eigenvalue weighted by Crippen LogP contribution is -2.39. The first-order valence-corrected chi connectivity index (χ1v) is 9.16. The molecular weight excluding hydrogens is 326 g/mol. The van der Waals surface area contributed by atoms with Crippen LogP contribution in [-0.2, 0) is 0 Å². The highest BCUT2D eigenvalue weighted by atomic mass is 79.9. The van der Waals surface area contributed by atoms with E-state index in [-0.39, 0.29) is 0 Å². The highest BCUT2D eigenvalue weighted by molar-refractivity contribution is 9.10. The van der Waals surface area contributed by atoms with Crippen molar-refractivity contribution < 1.29 is 4.74 Å². The summed E-state index contributed by atoms with van der Waals surface area (Å²) in [7, 11) is 0. The Morgan fingerprint density at radius 2 is 2.14 bits per heavy atom. The van der Waals surface area contributed by atoms with E-state index in [9.17, 15) is 0 Å². The lowest BCUT2D eigenvalue weighted by atomic mass is 9.77. The average molecular weight is 352 g/mol. The molecule has 1 aromatic rings. The third-order valence-corrected chi connectivity index (χ3v) is 5.54. The van der Waals surface area contributed by atoms with E-state index in [1.807, 2.05) is 0 Å². The van der Waals surface area contributed by atoms with Crippen molar-refractivity contribution in [2.75, 3.05) is 6.54 Å². The molecule has 0 spiro atoms. The summed E-state index contributed by atoms with van der Waals surface area (Å²) in [5.74, 6) is 2.65. The van der Waals surface area contributed by atoms with Gasteiger partial charge < -0.3 is 10.1 Å². The maximum atomic E-state index is 6.41. The van der Waals surface area contributed by atoms with Gasteiger partial charge in [-0.2, -0.15) is 0 Å². The van der Waals surface area contributed by atoms with Crippen LogP contribution in [0.1, 0.15) is 57.6 Å². The second-order valence-corrected chi connectivity index (χ2v) is 7.63. The van der Waals surface area contributed by atoms with Crippen LogP contribution in [0.4, 0.5) is 0 Å². The number of nitrogens with one attached hydrogen (secondary N) is 1. The summed E-state index contributed by atoms with van der Waals surface area (Å²) in [5.41, 5.74) is 1.32. The fourth-order valence-electron chi connectivity index (χ4n) is 4.02. The van der Waals surface area contributed by atoms with Crippen molar-refractivity contribution in [2.45, 2.75) is 58.1 Å². The van der Waals surface area contributed by atoms with Gasteiger partial charge in [0, 0.05) is 22.5 Å². The van der Waals surface area contributed by atoms with Gasteiger partial charge in [0.25, 0.3) is 0 Å². The van der Waals surface area contributed by atoms with Crippen LogP contribution in [-0.4, -0.2) is 12.6 Å². The topological polar surface area (TPSA) is 21.3 Å². The van der Waals surface area contributed by atoms with E-state index >= 15 is 0 Å². The number of ether oxygens (including phenoxy) is 1. The molecule has 0 saturated heterocycles. The maximum Gasteiger partial charge on any atom is 0.125 e. The van der Waals surface area contributed by atoms with E-state index in [2.05, 4.69) is 53.3 Å². The molecule has 0 bridgehead atoms. The molecule has 4 atom stereocenters. The van der Waals surface area contributed by atoms with Gasteiger partial charge in [0.05, 0.1) is 0 Å². The van der Waals surface area contributed by atoms with Crippen molar-refractivity contribution in [3.63, 3.8) is 0 Å². The Balaban J connectivity index is 1.82. The molecule has 1 heterocycles. The Labute approximate surface area is 136 Å². The first kappa shape index (κ1) is 15.4. The first-order valence-electron chi connectivity index (χ1n) is 8.37. The Kier molecular flexibility index (Phi) is 4.90. The van der Waals surface area contributed by atoms with Gasteiger partial charge in [-0.05, 0) is 43.4 Å². The number of halogens is 1. The molecule has 1 N–H and O–H groups in total. The van der Waals surface area contributed by atoms with Crippen LogP contribution in [0.25, 0.3) is 0 Å². The molecule has 3 heteroatoms. The van der Waals surface area contributed by atoms with Crippen LogP contribution >= 0.6 is 15.9 Å². The number of hydrogen-bond donors (Lipinski definition) is 1. The molecule has 3 rings (SSSR count).